The van der Waals surface area contributed by atoms with Crippen molar-refractivity contribution in [2.45, 2.75) is 38.2 Å². The van der Waals surface area contributed by atoms with E-state index in [1.54, 1.807) is 0 Å². The van der Waals surface area contributed by atoms with Crippen molar-refractivity contribution in [3.05, 3.63) is 24.5 Å². The number of aromatic nitrogens is 1. The number of hydrogen-bond acceptors (Lipinski definition) is 4. The molecule has 0 spiro atoms. The molecule has 1 saturated heterocycles. The fourth-order valence-corrected chi connectivity index (χ4v) is 3.59. The molecule has 2 aliphatic rings. The minimum atomic E-state index is -0.439. The molecule has 0 bridgehead atoms. The van der Waals surface area contributed by atoms with Gasteiger partial charge in [0, 0.05) is 50.8 Å². The molecule has 1 aromatic rings. The number of pyridine rings is 1. The first-order valence-electron chi connectivity index (χ1n) is 8.24. The summed E-state index contributed by atoms with van der Waals surface area (Å²) in [5, 5.41) is 10.8. The van der Waals surface area contributed by atoms with Gasteiger partial charge in [0.15, 0.2) is 0 Å². The maximum absolute atomic E-state index is 10.8. The smallest absolute Gasteiger partial charge is 0.0774 e. The molecule has 4 nitrogen and oxygen atoms in total. The highest BCUT2D eigenvalue weighted by Gasteiger charge is 2.34. The fourth-order valence-electron chi connectivity index (χ4n) is 3.59. The number of hydrogen-bond donors (Lipinski definition) is 1. The van der Waals surface area contributed by atoms with Gasteiger partial charge in [0.1, 0.15) is 0 Å². The first kappa shape index (κ1) is 14.8. The molecule has 4 heteroatoms. The SMILES string of the molecule is CC1CCC(O)(CN2CCN(c3ccncc3)CC2)CC1. The van der Waals surface area contributed by atoms with E-state index in [1.165, 1.54) is 18.5 Å². The van der Waals surface area contributed by atoms with Crippen LogP contribution in [0.5, 0.6) is 0 Å². The first-order chi connectivity index (χ1) is 10.1. The monoisotopic (exact) mass is 289 g/mol. The Balaban J connectivity index is 1.50. The molecule has 0 amide bonds. The van der Waals surface area contributed by atoms with E-state index in [0.29, 0.717) is 0 Å². The standard InChI is InChI=1S/C17H27N3O/c1-15-2-6-17(21,7-3-15)14-19-10-12-20(13-11-19)16-4-8-18-9-5-16/h4-5,8-9,15,21H,2-3,6-7,10-14H2,1H3. The second-order valence-electron chi connectivity index (χ2n) is 6.88. The van der Waals surface area contributed by atoms with Crippen LogP contribution in [0.4, 0.5) is 5.69 Å². The highest BCUT2D eigenvalue weighted by Crippen LogP contribution is 2.32. The van der Waals surface area contributed by atoms with Crippen molar-refractivity contribution in [2.75, 3.05) is 37.6 Å². The Hall–Kier alpha value is -1.13. The van der Waals surface area contributed by atoms with E-state index in [1.807, 2.05) is 12.4 Å². The van der Waals surface area contributed by atoms with Crippen LogP contribution in [0.25, 0.3) is 0 Å². The normalized spacial score (nSPS) is 31.3. The molecule has 1 aliphatic carbocycles. The van der Waals surface area contributed by atoms with Crippen molar-refractivity contribution in [1.29, 1.82) is 0 Å². The van der Waals surface area contributed by atoms with Gasteiger partial charge in [-0.1, -0.05) is 6.92 Å². The molecule has 0 atom stereocenters. The van der Waals surface area contributed by atoms with Crippen LogP contribution in [0.2, 0.25) is 0 Å². The summed E-state index contributed by atoms with van der Waals surface area (Å²) in [4.78, 5) is 8.92. The van der Waals surface area contributed by atoms with Gasteiger partial charge in [-0.2, -0.15) is 0 Å². The van der Waals surface area contributed by atoms with Gasteiger partial charge in [-0.3, -0.25) is 9.88 Å². The summed E-state index contributed by atoms with van der Waals surface area (Å²) in [6.07, 6.45) is 8.00. The summed E-state index contributed by atoms with van der Waals surface area (Å²) in [7, 11) is 0. The van der Waals surface area contributed by atoms with Crippen molar-refractivity contribution < 1.29 is 5.11 Å². The Bertz CT molecular complexity index is 435. The Morgan fingerprint density at radius 3 is 2.38 bits per heavy atom. The lowest BCUT2D eigenvalue weighted by Gasteiger charge is -2.42. The van der Waals surface area contributed by atoms with Gasteiger partial charge in [-0.15, -0.1) is 0 Å². The average Bonchev–Trinajstić information content (AvgIpc) is 2.52. The summed E-state index contributed by atoms with van der Waals surface area (Å²) >= 11 is 0. The van der Waals surface area contributed by atoms with E-state index in [2.05, 4.69) is 33.8 Å². The van der Waals surface area contributed by atoms with Crippen molar-refractivity contribution in [3.8, 4) is 0 Å². The number of β-amino-alcohol motifs (C(OH)–C–C–N with tert-alkyl or cyclic N) is 1. The van der Waals surface area contributed by atoms with Gasteiger partial charge in [0.05, 0.1) is 5.60 Å². The highest BCUT2D eigenvalue weighted by atomic mass is 16.3. The molecule has 3 rings (SSSR count). The van der Waals surface area contributed by atoms with E-state index in [9.17, 15) is 5.11 Å². The van der Waals surface area contributed by atoms with Crippen molar-refractivity contribution in [3.63, 3.8) is 0 Å². The molecule has 21 heavy (non-hydrogen) atoms. The number of aliphatic hydroxyl groups is 1. The van der Waals surface area contributed by atoms with Gasteiger partial charge in [-0.25, -0.2) is 0 Å². The van der Waals surface area contributed by atoms with Crippen molar-refractivity contribution >= 4 is 5.69 Å². The minimum Gasteiger partial charge on any atom is -0.389 e. The molecular weight excluding hydrogens is 262 g/mol. The number of rotatable bonds is 3. The third-order valence-electron chi connectivity index (χ3n) is 5.12. The van der Waals surface area contributed by atoms with E-state index in [-0.39, 0.29) is 0 Å². The van der Waals surface area contributed by atoms with Crippen LogP contribution in [-0.4, -0.2) is 53.3 Å². The van der Waals surface area contributed by atoms with Gasteiger partial charge in [0.2, 0.25) is 0 Å². The highest BCUT2D eigenvalue weighted by molar-refractivity contribution is 5.44. The maximum Gasteiger partial charge on any atom is 0.0774 e. The minimum absolute atomic E-state index is 0.439. The molecule has 0 radical (unpaired) electrons. The summed E-state index contributed by atoms with van der Waals surface area (Å²) < 4.78 is 0. The van der Waals surface area contributed by atoms with Crippen LogP contribution >= 0.6 is 0 Å². The average molecular weight is 289 g/mol. The van der Waals surface area contributed by atoms with Gasteiger partial charge < -0.3 is 10.0 Å². The summed E-state index contributed by atoms with van der Waals surface area (Å²) in [6.45, 7) is 7.31. The first-order valence-corrected chi connectivity index (χ1v) is 8.24. The molecule has 2 heterocycles. The third kappa shape index (κ3) is 3.74. The van der Waals surface area contributed by atoms with Crippen LogP contribution in [0.1, 0.15) is 32.6 Å². The van der Waals surface area contributed by atoms with E-state index >= 15 is 0 Å². The number of anilines is 1. The lowest BCUT2D eigenvalue weighted by atomic mass is 9.79. The number of piperazine rings is 1. The van der Waals surface area contributed by atoms with Crippen LogP contribution in [0.15, 0.2) is 24.5 Å². The largest absolute Gasteiger partial charge is 0.389 e. The molecule has 2 fully saturated rings. The molecule has 1 aromatic heterocycles. The molecule has 1 N–H and O–H groups in total. The Kier molecular flexibility index (Phi) is 4.45. The zero-order valence-corrected chi connectivity index (χ0v) is 13.0. The molecular formula is C17H27N3O. The molecule has 116 valence electrons. The summed E-state index contributed by atoms with van der Waals surface area (Å²) in [5.74, 6) is 0.786. The van der Waals surface area contributed by atoms with E-state index in [0.717, 1.165) is 51.5 Å². The molecule has 1 aliphatic heterocycles. The lowest BCUT2D eigenvalue weighted by Crippen LogP contribution is -2.52. The topological polar surface area (TPSA) is 39.6 Å². The van der Waals surface area contributed by atoms with Gasteiger partial charge >= 0.3 is 0 Å². The number of nitrogens with zero attached hydrogens (tertiary/aromatic N) is 3. The Labute approximate surface area is 127 Å². The molecule has 1 saturated carbocycles. The van der Waals surface area contributed by atoms with Crippen LogP contribution in [-0.2, 0) is 0 Å². The van der Waals surface area contributed by atoms with Gasteiger partial charge in [-0.05, 0) is 43.7 Å². The zero-order valence-electron chi connectivity index (χ0n) is 13.0. The fraction of sp³-hybridized carbons (Fsp3) is 0.706. The zero-order chi connectivity index (χ0) is 14.7. The van der Waals surface area contributed by atoms with E-state index < -0.39 is 5.60 Å². The molecule has 0 aromatic carbocycles. The quantitative estimate of drug-likeness (QED) is 0.925. The summed E-state index contributed by atoms with van der Waals surface area (Å²) in [5.41, 5.74) is 0.820. The van der Waals surface area contributed by atoms with Crippen molar-refractivity contribution in [1.82, 2.24) is 9.88 Å². The third-order valence-corrected chi connectivity index (χ3v) is 5.12. The second kappa shape index (κ2) is 6.32. The summed E-state index contributed by atoms with van der Waals surface area (Å²) in [6, 6.07) is 4.15. The Morgan fingerprint density at radius 1 is 1.14 bits per heavy atom. The maximum atomic E-state index is 10.8. The van der Waals surface area contributed by atoms with Crippen LogP contribution in [0, 0.1) is 5.92 Å². The second-order valence-corrected chi connectivity index (χ2v) is 6.88. The van der Waals surface area contributed by atoms with Gasteiger partial charge in [0.25, 0.3) is 0 Å². The predicted molar refractivity (Wildman–Crippen MR) is 85.5 cm³/mol. The Morgan fingerprint density at radius 2 is 1.76 bits per heavy atom. The van der Waals surface area contributed by atoms with Crippen LogP contribution < -0.4 is 4.90 Å². The van der Waals surface area contributed by atoms with E-state index in [4.69, 9.17) is 0 Å². The van der Waals surface area contributed by atoms with Crippen molar-refractivity contribution in [2.24, 2.45) is 5.92 Å². The molecule has 0 unspecified atom stereocenters. The van der Waals surface area contributed by atoms with Crippen LogP contribution in [0.3, 0.4) is 0 Å². The lowest BCUT2D eigenvalue weighted by molar-refractivity contribution is -0.0358. The predicted octanol–water partition coefficient (Wildman–Crippen LogP) is 2.14.